The van der Waals surface area contributed by atoms with Gasteiger partial charge in [0.25, 0.3) is 0 Å². The van der Waals surface area contributed by atoms with Crippen LogP contribution in [0.3, 0.4) is 0 Å². The molecule has 1 aliphatic heterocycles. The highest BCUT2D eigenvalue weighted by molar-refractivity contribution is 7.91. The van der Waals surface area contributed by atoms with Crippen molar-refractivity contribution in [3.8, 4) is 0 Å². The number of Topliss-reactive ketones (excluding diaryl/α,β-unsaturated/α-hetero) is 1. The molecule has 0 bridgehead atoms. The average Bonchev–Trinajstić information content (AvgIpc) is 3.20. The molecule has 1 aliphatic rings. The van der Waals surface area contributed by atoms with Gasteiger partial charge in [-0.1, -0.05) is 5.16 Å². The van der Waals surface area contributed by atoms with Crippen molar-refractivity contribution in [1.29, 1.82) is 0 Å². The van der Waals surface area contributed by atoms with E-state index in [-0.39, 0.29) is 28.9 Å². The number of hydrogen-bond donors (Lipinski definition) is 0. The van der Waals surface area contributed by atoms with Gasteiger partial charge in [-0.05, 0) is 40.2 Å². The number of aromatic nitrogens is 2. The van der Waals surface area contributed by atoms with Crippen LogP contribution in [0.15, 0.2) is 10.6 Å². The first-order chi connectivity index (χ1) is 12.6. The molecule has 0 amide bonds. The summed E-state index contributed by atoms with van der Waals surface area (Å²) in [5.74, 6) is -0.415. The second-order valence-corrected chi connectivity index (χ2v) is 9.14. The second kappa shape index (κ2) is 6.95. The summed E-state index contributed by atoms with van der Waals surface area (Å²) in [5.41, 5.74) is 2.57. The van der Waals surface area contributed by atoms with Crippen molar-refractivity contribution < 1.29 is 27.3 Å². The molecule has 0 spiro atoms. The first-order valence-corrected chi connectivity index (χ1v) is 10.4. The van der Waals surface area contributed by atoms with E-state index in [1.807, 2.05) is 11.5 Å². The van der Waals surface area contributed by atoms with E-state index in [0.29, 0.717) is 29.1 Å². The van der Waals surface area contributed by atoms with Gasteiger partial charge in [0.1, 0.15) is 11.3 Å². The lowest BCUT2D eigenvalue weighted by atomic mass is 10.1. The lowest BCUT2D eigenvalue weighted by Crippen LogP contribution is -2.17. The molecule has 2 aromatic heterocycles. The first-order valence-electron chi connectivity index (χ1n) is 8.62. The number of ketones is 1. The third-order valence-electron chi connectivity index (χ3n) is 4.93. The monoisotopic (exact) mass is 394 g/mol. The number of aryl methyl sites for hydroxylation is 3. The molecular formula is C18H22N2O6S. The minimum absolute atomic E-state index is 0.0814. The van der Waals surface area contributed by atoms with Crippen molar-refractivity contribution in [1.82, 2.24) is 9.72 Å². The van der Waals surface area contributed by atoms with Gasteiger partial charge in [-0.2, -0.15) is 0 Å². The summed E-state index contributed by atoms with van der Waals surface area (Å²) < 4.78 is 35.5. The predicted octanol–water partition coefficient (Wildman–Crippen LogP) is 2.11. The Labute approximate surface area is 157 Å². The lowest BCUT2D eigenvalue weighted by molar-refractivity contribution is 0.0472. The number of carbonyl (C=O) groups excluding carboxylic acids is 2. The van der Waals surface area contributed by atoms with E-state index in [1.54, 1.807) is 26.8 Å². The molecule has 1 saturated heterocycles. The maximum atomic E-state index is 12.6. The smallest absolute Gasteiger partial charge is 0.344 e. The van der Waals surface area contributed by atoms with Crippen LogP contribution in [0.4, 0.5) is 0 Å². The zero-order valence-electron chi connectivity index (χ0n) is 15.7. The Kier molecular flexibility index (Phi) is 4.98. The molecule has 1 fully saturated rings. The van der Waals surface area contributed by atoms with Gasteiger partial charge in [-0.15, -0.1) is 0 Å². The minimum atomic E-state index is -3.03. The number of ether oxygens (including phenoxy) is 1. The molecule has 27 heavy (non-hydrogen) atoms. The van der Waals surface area contributed by atoms with E-state index < -0.39 is 22.4 Å². The summed E-state index contributed by atoms with van der Waals surface area (Å²) in [6, 6.07) is 1.55. The number of carbonyl (C=O) groups is 2. The van der Waals surface area contributed by atoms with Gasteiger partial charge in [0.2, 0.25) is 5.78 Å². The van der Waals surface area contributed by atoms with Gasteiger partial charge in [-0.3, -0.25) is 4.79 Å². The topological polar surface area (TPSA) is 108 Å². The molecule has 2 aromatic rings. The fourth-order valence-corrected chi connectivity index (χ4v) is 5.36. The van der Waals surface area contributed by atoms with Crippen molar-refractivity contribution in [2.24, 2.45) is 0 Å². The highest BCUT2D eigenvalue weighted by Gasteiger charge is 2.32. The van der Waals surface area contributed by atoms with E-state index in [9.17, 15) is 18.0 Å². The molecule has 0 aromatic carbocycles. The van der Waals surface area contributed by atoms with E-state index >= 15 is 0 Å². The van der Waals surface area contributed by atoms with Crippen molar-refractivity contribution >= 4 is 21.6 Å². The third kappa shape index (κ3) is 3.69. The summed E-state index contributed by atoms with van der Waals surface area (Å²) in [5, 5.41) is 3.69. The summed E-state index contributed by atoms with van der Waals surface area (Å²) in [6.45, 7) is 6.43. The fourth-order valence-electron chi connectivity index (χ4n) is 3.66. The minimum Gasteiger partial charge on any atom is -0.454 e. The molecule has 0 unspecified atom stereocenters. The van der Waals surface area contributed by atoms with Crippen LogP contribution >= 0.6 is 0 Å². The van der Waals surface area contributed by atoms with E-state index in [4.69, 9.17) is 9.26 Å². The molecule has 3 rings (SSSR count). The van der Waals surface area contributed by atoms with E-state index in [1.165, 1.54) is 0 Å². The molecular weight excluding hydrogens is 372 g/mol. The normalized spacial score (nSPS) is 18.6. The van der Waals surface area contributed by atoms with Gasteiger partial charge in [0, 0.05) is 23.0 Å². The molecule has 3 heterocycles. The Bertz CT molecular complexity index is 996. The number of nitrogens with zero attached hydrogens (tertiary/aromatic N) is 2. The van der Waals surface area contributed by atoms with Crippen molar-refractivity contribution in [3.63, 3.8) is 0 Å². The molecule has 0 aliphatic carbocycles. The maximum absolute atomic E-state index is 12.6. The number of rotatable bonds is 5. The molecule has 8 nitrogen and oxygen atoms in total. The van der Waals surface area contributed by atoms with Crippen LogP contribution in [0.25, 0.3) is 0 Å². The predicted molar refractivity (Wildman–Crippen MR) is 96.8 cm³/mol. The number of sulfone groups is 1. The van der Waals surface area contributed by atoms with Gasteiger partial charge >= 0.3 is 5.97 Å². The van der Waals surface area contributed by atoms with Crippen molar-refractivity contribution in [2.45, 2.75) is 40.2 Å². The van der Waals surface area contributed by atoms with Crippen molar-refractivity contribution in [3.05, 3.63) is 40.0 Å². The summed E-state index contributed by atoms with van der Waals surface area (Å²) in [6.07, 6.45) is 0.535. The van der Waals surface area contributed by atoms with Crippen LogP contribution in [0.2, 0.25) is 0 Å². The average molecular weight is 394 g/mol. The second-order valence-electron chi connectivity index (χ2n) is 6.91. The van der Waals surface area contributed by atoms with Crippen LogP contribution < -0.4 is 0 Å². The van der Waals surface area contributed by atoms with E-state index in [0.717, 1.165) is 5.69 Å². The van der Waals surface area contributed by atoms with Crippen LogP contribution in [0.5, 0.6) is 0 Å². The standard InChI is InChI=1S/C18H22N2O6S/c1-10-7-15(12(3)20(10)14-5-6-27(23,24)9-14)16(21)8-25-18(22)17-11(2)19-26-13(17)4/h7,14H,5-6,8-9H2,1-4H3/t14-/m1/s1. The number of hydrogen-bond acceptors (Lipinski definition) is 7. The van der Waals surface area contributed by atoms with Crippen LogP contribution in [-0.4, -0.2) is 48.0 Å². The molecule has 0 radical (unpaired) electrons. The summed E-state index contributed by atoms with van der Waals surface area (Å²) in [7, 11) is -3.03. The van der Waals surface area contributed by atoms with Crippen LogP contribution in [0.1, 0.15) is 56.0 Å². The Hall–Kier alpha value is -2.42. The van der Waals surface area contributed by atoms with Crippen LogP contribution in [0, 0.1) is 27.7 Å². The molecule has 0 saturated carbocycles. The van der Waals surface area contributed by atoms with Crippen LogP contribution in [-0.2, 0) is 14.6 Å². The Balaban J connectivity index is 1.74. The molecule has 146 valence electrons. The maximum Gasteiger partial charge on any atom is 0.344 e. The van der Waals surface area contributed by atoms with Gasteiger partial charge in [-0.25, -0.2) is 13.2 Å². The Morgan fingerprint density at radius 1 is 1.30 bits per heavy atom. The molecule has 0 N–H and O–H groups in total. The van der Waals surface area contributed by atoms with Crippen molar-refractivity contribution in [2.75, 3.05) is 18.1 Å². The summed E-state index contributed by atoms with van der Waals surface area (Å²) >= 11 is 0. The lowest BCUT2D eigenvalue weighted by Gasteiger charge is -2.16. The van der Waals surface area contributed by atoms with Gasteiger partial charge in [0.15, 0.2) is 16.4 Å². The summed E-state index contributed by atoms with van der Waals surface area (Å²) in [4.78, 5) is 24.7. The highest BCUT2D eigenvalue weighted by Crippen LogP contribution is 2.29. The third-order valence-corrected chi connectivity index (χ3v) is 6.68. The zero-order chi connectivity index (χ0) is 19.9. The zero-order valence-corrected chi connectivity index (χ0v) is 16.6. The Morgan fingerprint density at radius 2 is 2.00 bits per heavy atom. The fraction of sp³-hybridized carbons (Fsp3) is 0.500. The van der Waals surface area contributed by atoms with E-state index in [2.05, 4.69) is 5.16 Å². The highest BCUT2D eigenvalue weighted by atomic mass is 32.2. The SMILES string of the molecule is Cc1noc(C)c1C(=O)OCC(=O)c1cc(C)n([C@@H]2CCS(=O)(=O)C2)c1C. The quantitative estimate of drug-likeness (QED) is 0.564. The molecule has 9 heteroatoms. The molecule has 1 atom stereocenters. The first kappa shape index (κ1) is 19.3. The van der Waals surface area contributed by atoms with Gasteiger partial charge in [0.05, 0.1) is 17.2 Å². The van der Waals surface area contributed by atoms with Gasteiger partial charge < -0.3 is 13.8 Å². The Morgan fingerprint density at radius 3 is 2.56 bits per heavy atom. The largest absolute Gasteiger partial charge is 0.454 e. The number of esters is 1.